The third-order valence-electron chi connectivity index (χ3n) is 3.40. The zero-order valence-electron chi connectivity index (χ0n) is 10.4. The van der Waals surface area contributed by atoms with Crippen molar-refractivity contribution < 1.29 is 0 Å². The fourth-order valence-electron chi connectivity index (χ4n) is 2.38. The summed E-state index contributed by atoms with van der Waals surface area (Å²) >= 11 is 0. The van der Waals surface area contributed by atoms with Gasteiger partial charge in [0.1, 0.15) is 0 Å². The normalized spacial score (nSPS) is 10.7. The number of benzene rings is 3. The van der Waals surface area contributed by atoms with E-state index in [2.05, 4.69) is 54.6 Å². The van der Waals surface area contributed by atoms with Gasteiger partial charge in [0.05, 0.1) is 0 Å². The van der Waals surface area contributed by atoms with Crippen molar-refractivity contribution in [3.8, 4) is 11.1 Å². The summed E-state index contributed by atoms with van der Waals surface area (Å²) in [4.78, 5) is 0. The van der Waals surface area contributed by atoms with Crippen LogP contribution in [0.5, 0.6) is 0 Å². The molecule has 0 heterocycles. The Hall–Kier alpha value is -2.28. The summed E-state index contributed by atoms with van der Waals surface area (Å²) in [5, 5.41) is 2.49. The molecule has 1 nitrogen and oxygen atoms in total. The van der Waals surface area contributed by atoms with Crippen molar-refractivity contribution in [1.29, 1.82) is 0 Å². The second-order valence-corrected chi connectivity index (χ2v) is 4.56. The zero-order valence-corrected chi connectivity index (χ0v) is 10.4. The van der Waals surface area contributed by atoms with Gasteiger partial charge in [0.2, 0.25) is 0 Å². The van der Waals surface area contributed by atoms with E-state index in [4.69, 9.17) is 5.73 Å². The maximum absolute atomic E-state index is 6.21. The summed E-state index contributed by atoms with van der Waals surface area (Å²) in [6.07, 6.45) is 0. The van der Waals surface area contributed by atoms with Crippen LogP contribution in [0, 0.1) is 6.92 Å². The highest BCUT2D eigenvalue weighted by molar-refractivity contribution is 5.99. The number of aryl methyl sites for hydroxylation is 1. The lowest BCUT2D eigenvalue weighted by Crippen LogP contribution is -1.93. The second-order valence-electron chi connectivity index (χ2n) is 4.56. The molecule has 0 amide bonds. The molecule has 0 aliphatic heterocycles. The molecule has 3 aromatic carbocycles. The SMILES string of the molecule is Cc1cccc(-c2cccc3ccccc23)c1N. The molecule has 3 aromatic rings. The Morgan fingerprint density at radius 1 is 0.722 bits per heavy atom. The molecule has 0 spiro atoms. The molecule has 0 saturated carbocycles. The highest BCUT2D eigenvalue weighted by Gasteiger charge is 2.07. The van der Waals surface area contributed by atoms with E-state index < -0.39 is 0 Å². The Morgan fingerprint density at radius 2 is 1.39 bits per heavy atom. The predicted molar refractivity (Wildman–Crippen MR) is 78.5 cm³/mol. The Kier molecular flexibility index (Phi) is 2.52. The monoisotopic (exact) mass is 233 g/mol. The van der Waals surface area contributed by atoms with Crippen LogP contribution in [-0.2, 0) is 0 Å². The molecule has 3 rings (SSSR count). The number of anilines is 1. The lowest BCUT2D eigenvalue weighted by Gasteiger charge is -2.11. The lowest BCUT2D eigenvalue weighted by atomic mass is 9.96. The van der Waals surface area contributed by atoms with Gasteiger partial charge in [-0.05, 0) is 28.8 Å². The number of hydrogen-bond acceptors (Lipinski definition) is 1. The molecule has 1 heteroatoms. The first-order chi connectivity index (χ1) is 8.77. The summed E-state index contributed by atoms with van der Waals surface area (Å²) in [6.45, 7) is 2.05. The summed E-state index contributed by atoms with van der Waals surface area (Å²) in [6, 6.07) is 20.9. The predicted octanol–water partition coefficient (Wildman–Crippen LogP) is 4.40. The van der Waals surface area contributed by atoms with Gasteiger partial charge >= 0.3 is 0 Å². The molecule has 0 aromatic heterocycles. The van der Waals surface area contributed by atoms with Crippen molar-refractivity contribution in [3.05, 3.63) is 66.2 Å². The number of para-hydroxylation sites is 1. The molecule has 0 saturated heterocycles. The van der Waals surface area contributed by atoms with E-state index in [1.807, 2.05) is 13.0 Å². The molecule has 0 fully saturated rings. The Labute approximate surface area is 107 Å². The van der Waals surface area contributed by atoms with Crippen molar-refractivity contribution in [2.75, 3.05) is 5.73 Å². The van der Waals surface area contributed by atoms with Gasteiger partial charge in [-0.3, -0.25) is 0 Å². The van der Waals surface area contributed by atoms with E-state index in [1.165, 1.54) is 16.3 Å². The number of hydrogen-bond donors (Lipinski definition) is 1. The first kappa shape index (κ1) is 10.8. The molecule has 18 heavy (non-hydrogen) atoms. The maximum Gasteiger partial charge on any atom is 0.0423 e. The smallest absolute Gasteiger partial charge is 0.0423 e. The summed E-state index contributed by atoms with van der Waals surface area (Å²) < 4.78 is 0. The van der Waals surface area contributed by atoms with Gasteiger partial charge in [-0.2, -0.15) is 0 Å². The van der Waals surface area contributed by atoms with E-state index >= 15 is 0 Å². The topological polar surface area (TPSA) is 26.0 Å². The van der Waals surface area contributed by atoms with E-state index in [9.17, 15) is 0 Å². The molecule has 0 radical (unpaired) electrons. The minimum Gasteiger partial charge on any atom is -0.398 e. The molecule has 0 aliphatic rings. The molecule has 0 unspecified atom stereocenters. The lowest BCUT2D eigenvalue weighted by molar-refractivity contribution is 1.47. The highest BCUT2D eigenvalue weighted by atomic mass is 14.6. The second kappa shape index (κ2) is 4.19. The van der Waals surface area contributed by atoms with Gasteiger partial charge in [0.15, 0.2) is 0 Å². The van der Waals surface area contributed by atoms with Crippen molar-refractivity contribution in [3.63, 3.8) is 0 Å². The number of nitrogens with two attached hydrogens (primary N) is 1. The first-order valence-corrected chi connectivity index (χ1v) is 6.10. The fraction of sp³-hybridized carbons (Fsp3) is 0.0588. The van der Waals surface area contributed by atoms with Crippen LogP contribution in [-0.4, -0.2) is 0 Å². The van der Waals surface area contributed by atoms with Crippen LogP contribution in [0.15, 0.2) is 60.7 Å². The third kappa shape index (κ3) is 1.65. The van der Waals surface area contributed by atoms with Crippen LogP contribution in [0.3, 0.4) is 0 Å². The van der Waals surface area contributed by atoms with Crippen LogP contribution in [0.1, 0.15) is 5.56 Å². The van der Waals surface area contributed by atoms with Gasteiger partial charge in [0.25, 0.3) is 0 Å². The van der Waals surface area contributed by atoms with Crippen molar-refractivity contribution in [2.45, 2.75) is 6.92 Å². The Morgan fingerprint density at radius 3 is 2.28 bits per heavy atom. The van der Waals surface area contributed by atoms with E-state index in [0.717, 1.165) is 16.8 Å². The Bertz CT molecular complexity index is 708. The summed E-state index contributed by atoms with van der Waals surface area (Å²) in [7, 11) is 0. The van der Waals surface area contributed by atoms with Crippen molar-refractivity contribution >= 4 is 16.5 Å². The first-order valence-electron chi connectivity index (χ1n) is 6.10. The number of rotatable bonds is 1. The van der Waals surface area contributed by atoms with E-state index in [0.29, 0.717) is 0 Å². The fourth-order valence-corrected chi connectivity index (χ4v) is 2.38. The zero-order chi connectivity index (χ0) is 12.5. The number of nitrogen functional groups attached to an aromatic ring is 1. The van der Waals surface area contributed by atoms with Crippen molar-refractivity contribution in [2.24, 2.45) is 0 Å². The van der Waals surface area contributed by atoms with E-state index in [1.54, 1.807) is 0 Å². The quantitative estimate of drug-likeness (QED) is 0.619. The minimum atomic E-state index is 0.869. The van der Waals surface area contributed by atoms with Gasteiger partial charge in [0, 0.05) is 11.3 Å². The highest BCUT2D eigenvalue weighted by Crippen LogP contribution is 2.33. The largest absolute Gasteiger partial charge is 0.398 e. The summed E-state index contributed by atoms with van der Waals surface area (Å²) in [5.41, 5.74) is 10.5. The third-order valence-corrected chi connectivity index (χ3v) is 3.40. The molecule has 0 aliphatic carbocycles. The molecular formula is C17H15N. The van der Waals surface area contributed by atoms with Crippen molar-refractivity contribution in [1.82, 2.24) is 0 Å². The molecule has 2 N–H and O–H groups in total. The van der Waals surface area contributed by atoms with Crippen LogP contribution in [0.2, 0.25) is 0 Å². The standard InChI is InChI=1S/C17H15N/c1-12-6-4-11-16(17(12)18)15-10-5-8-13-7-2-3-9-14(13)15/h2-11H,18H2,1H3. The molecular weight excluding hydrogens is 218 g/mol. The molecule has 0 bridgehead atoms. The molecule has 88 valence electrons. The van der Waals surface area contributed by atoms with Gasteiger partial charge in [-0.1, -0.05) is 60.7 Å². The van der Waals surface area contributed by atoms with Crippen LogP contribution < -0.4 is 5.73 Å². The number of fused-ring (bicyclic) bond motifs is 1. The average Bonchev–Trinajstić information content (AvgIpc) is 2.41. The summed E-state index contributed by atoms with van der Waals surface area (Å²) in [5.74, 6) is 0. The maximum atomic E-state index is 6.21. The Balaban J connectivity index is 2.35. The van der Waals surface area contributed by atoms with Crippen LogP contribution in [0.25, 0.3) is 21.9 Å². The van der Waals surface area contributed by atoms with Gasteiger partial charge < -0.3 is 5.73 Å². The van der Waals surface area contributed by atoms with Gasteiger partial charge in [-0.15, -0.1) is 0 Å². The van der Waals surface area contributed by atoms with Crippen LogP contribution in [0.4, 0.5) is 5.69 Å². The van der Waals surface area contributed by atoms with E-state index in [-0.39, 0.29) is 0 Å². The average molecular weight is 233 g/mol. The van der Waals surface area contributed by atoms with Gasteiger partial charge in [-0.25, -0.2) is 0 Å². The molecule has 0 atom stereocenters. The minimum absolute atomic E-state index is 0.869. The van der Waals surface area contributed by atoms with Crippen LogP contribution >= 0.6 is 0 Å².